The molecule has 2 aliphatic rings. The smallest absolute Gasteiger partial charge is 0.324 e. The number of carbonyl (C=O) groups excluding carboxylic acids is 3. The minimum atomic E-state index is -0.905. The lowest BCUT2D eigenvalue weighted by Crippen LogP contribution is -2.55. The summed E-state index contributed by atoms with van der Waals surface area (Å²) in [5, 5.41) is 2.76. The Bertz CT molecular complexity index is 760. The summed E-state index contributed by atoms with van der Waals surface area (Å²) in [6, 6.07) is 2.80. The van der Waals surface area contributed by atoms with Gasteiger partial charge in [0.05, 0.1) is 21.3 Å². The van der Waals surface area contributed by atoms with E-state index in [9.17, 15) is 14.4 Å². The van der Waals surface area contributed by atoms with Crippen molar-refractivity contribution in [2.24, 2.45) is 0 Å². The topological polar surface area (TPSA) is 97.4 Å². The highest BCUT2D eigenvalue weighted by Crippen LogP contribution is 2.39. The van der Waals surface area contributed by atoms with Crippen molar-refractivity contribution in [2.75, 3.05) is 41.5 Å². The molecule has 3 rings (SSSR count). The van der Waals surface area contributed by atoms with E-state index in [1.165, 1.54) is 28.4 Å². The minimum absolute atomic E-state index is 0.200. The summed E-state index contributed by atoms with van der Waals surface area (Å²) in [6.45, 7) is 0.713. The van der Waals surface area contributed by atoms with Gasteiger partial charge in [-0.2, -0.15) is 0 Å². The second kappa shape index (κ2) is 6.98. The van der Waals surface area contributed by atoms with Gasteiger partial charge in [-0.3, -0.25) is 14.5 Å². The molecule has 2 aliphatic heterocycles. The van der Waals surface area contributed by atoms with E-state index in [2.05, 4.69) is 5.32 Å². The minimum Gasteiger partial charge on any atom is -0.493 e. The van der Waals surface area contributed by atoms with Gasteiger partial charge in [0.25, 0.3) is 11.8 Å². The highest BCUT2D eigenvalue weighted by atomic mass is 16.5. The third-order valence-corrected chi connectivity index (χ3v) is 5.18. The Morgan fingerprint density at radius 3 is 2.00 bits per heavy atom. The molecule has 27 heavy (non-hydrogen) atoms. The summed E-state index contributed by atoms with van der Waals surface area (Å²) in [7, 11) is 5.93. The molecule has 0 aromatic heterocycles. The number of piperidine rings is 1. The van der Waals surface area contributed by atoms with Crippen molar-refractivity contribution in [1.29, 1.82) is 0 Å². The van der Waals surface area contributed by atoms with Crippen LogP contribution in [0.15, 0.2) is 12.1 Å². The molecule has 0 aliphatic carbocycles. The Kier molecular flexibility index (Phi) is 4.86. The molecule has 4 amide bonds. The quantitative estimate of drug-likeness (QED) is 0.782. The van der Waals surface area contributed by atoms with Crippen molar-refractivity contribution in [3.63, 3.8) is 0 Å². The molecule has 9 nitrogen and oxygen atoms in total. The van der Waals surface area contributed by atoms with Crippen LogP contribution in [0.3, 0.4) is 0 Å². The number of urea groups is 1. The van der Waals surface area contributed by atoms with Crippen LogP contribution in [-0.4, -0.2) is 74.7 Å². The molecule has 146 valence electrons. The van der Waals surface area contributed by atoms with Gasteiger partial charge in [-0.15, -0.1) is 0 Å². The lowest BCUT2D eigenvalue weighted by Gasteiger charge is -2.37. The van der Waals surface area contributed by atoms with E-state index in [-0.39, 0.29) is 11.8 Å². The number of hydrogen-bond acceptors (Lipinski definition) is 6. The molecule has 1 N–H and O–H groups in total. The molecule has 0 saturated carbocycles. The Morgan fingerprint density at radius 2 is 1.59 bits per heavy atom. The molecule has 2 saturated heterocycles. The molecule has 1 aromatic rings. The van der Waals surface area contributed by atoms with Crippen molar-refractivity contribution >= 4 is 17.8 Å². The van der Waals surface area contributed by atoms with Gasteiger partial charge < -0.3 is 24.4 Å². The van der Waals surface area contributed by atoms with Gasteiger partial charge in [-0.05, 0) is 25.0 Å². The first kappa shape index (κ1) is 18.8. The number of hydrogen-bond donors (Lipinski definition) is 1. The number of methoxy groups -OCH3 is 3. The van der Waals surface area contributed by atoms with Gasteiger partial charge in [0, 0.05) is 25.7 Å². The maximum absolute atomic E-state index is 12.9. The standard InChI is InChI=1S/C18H23N3O6/c1-20-16(23)18(19-17(20)24)5-7-21(8-6-18)15(22)11-9-12(25-2)14(27-4)13(10-11)26-3/h9-10H,5-8H2,1-4H3,(H,19,24). The molecular weight excluding hydrogens is 354 g/mol. The molecule has 2 heterocycles. The monoisotopic (exact) mass is 377 g/mol. The van der Waals surface area contributed by atoms with E-state index in [4.69, 9.17) is 14.2 Å². The van der Waals surface area contributed by atoms with Crippen molar-refractivity contribution in [3.8, 4) is 17.2 Å². The second-order valence-corrected chi connectivity index (χ2v) is 6.58. The Labute approximate surface area is 157 Å². The molecule has 0 unspecified atom stereocenters. The lowest BCUT2D eigenvalue weighted by atomic mass is 9.87. The maximum Gasteiger partial charge on any atom is 0.324 e. The molecular formula is C18H23N3O6. The van der Waals surface area contributed by atoms with E-state index in [1.54, 1.807) is 17.0 Å². The first-order chi connectivity index (χ1) is 12.9. The van der Waals surface area contributed by atoms with Crippen molar-refractivity contribution in [3.05, 3.63) is 17.7 Å². The average Bonchev–Trinajstić information content (AvgIpc) is 2.90. The third kappa shape index (κ3) is 3.02. The Morgan fingerprint density at radius 1 is 1.04 bits per heavy atom. The number of nitrogens with zero attached hydrogens (tertiary/aromatic N) is 2. The van der Waals surface area contributed by atoms with Gasteiger partial charge in [0.1, 0.15) is 5.54 Å². The number of likely N-dealkylation sites (tertiary alicyclic amines) is 1. The zero-order valence-corrected chi connectivity index (χ0v) is 15.8. The molecule has 0 bridgehead atoms. The number of likely N-dealkylation sites (N-methyl/N-ethyl adjacent to an activating group) is 1. The number of amides is 4. The molecule has 9 heteroatoms. The molecule has 2 fully saturated rings. The van der Waals surface area contributed by atoms with Gasteiger partial charge >= 0.3 is 6.03 Å². The van der Waals surface area contributed by atoms with E-state index in [0.29, 0.717) is 48.7 Å². The second-order valence-electron chi connectivity index (χ2n) is 6.58. The average molecular weight is 377 g/mol. The van der Waals surface area contributed by atoms with Crippen LogP contribution < -0.4 is 19.5 Å². The van der Waals surface area contributed by atoms with E-state index in [1.807, 2.05) is 0 Å². The Balaban J connectivity index is 1.79. The van der Waals surface area contributed by atoms with Crippen LogP contribution in [-0.2, 0) is 4.79 Å². The number of imide groups is 1. The molecule has 1 aromatic carbocycles. The van der Waals surface area contributed by atoms with Gasteiger partial charge in [-0.25, -0.2) is 4.79 Å². The SMILES string of the molecule is COc1cc(C(=O)N2CCC3(CC2)NC(=O)N(C)C3=O)cc(OC)c1OC. The van der Waals surface area contributed by atoms with Crippen LogP contribution in [0.2, 0.25) is 0 Å². The number of nitrogens with one attached hydrogen (secondary N) is 1. The zero-order valence-electron chi connectivity index (χ0n) is 15.8. The number of rotatable bonds is 4. The molecule has 0 radical (unpaired) electrons. The van der Waals surface area contributed by atoms with Gasteiger partial charge in [0.2, 0.25) is 5.75 Å². The first-order valence-corrected chi connectivity index (χ1v) is 8.56. The van der Waals surface area contributed by atoms with Crippen LogP contribution in [0, 0.1) is 0 Å². The summed E-state index contributed by atoms with van der Waals surface area (Å²) >= 11 is 0. The highest BCUT2D eigenvalue weighted by Gasteiger charge is 2.51. The van der Waals surface area contributed by atoms with Crippen LogP contribution in [0.25, 0.3) is 0 Å². The predicted molar refractivity (Wildman–Crippen MR) is 95.3 cm³/mol. The maximum atomic E-state index is 12.9. The van der Waals surface area contributed by atoms with Gasteiger partial charge in [0.15, 0.2) is 11.5 Å². The first-order valence-electron chi connectivity index (χ1n) is 8.56. The lowest BCUT2D eigenvalue weighted by molar-refractivity contribution is -0.131. The van der Waals surface area contributed by atoms with Crippen molar-refractivity contribution in [2.45, 2.75) is 18.4 Å². The number of carbonyl (C=O) groups is 3. The third-order valence-electron chi connectivity index (χ3n) is 5.18. The number of ether oxygens (including phenoxy) is 3. The van der Waals surface area contributed by atoms with Crippen molar-refractivity contribution < 1.29 is 28.6 Å². The number of benzene rings is 1. The summed E-state index contributed by atoms with van der Waals surface area (Å²) in [6.07, 6.45) is 0.746. The van der Waals surface area contributed by atoms with Gasteiger partial charge in [-0.1, -0.05) is 0 Å². The van der Waals surface area contributed by atoms with E-state index < -0.39 is 11.6 Å². The summed E-state index contributed by atoms with van der Waals surface area (Å²) < 4.78 is 15.9. The van der Waals surface area contributed by atoms with E-state index >= 15 is 0 Å². The fourth-order valence-corrected chi connectivity index (χ4v) is 3.57. The van der Waals surface area contributed by atoms with Crippen LogP contribution >= 0.6 is 0 Å². The fraction of sp³-hybridized carbons (Fsp3) is 0.500. The normalized spacial score (nSPS) is 18.5. The molecule has 0 atom stereocenters. The Hall–Kier alpha value is -2.97. The highest BCUT2D eigenvalue weighted by molar-refractivity contribution is 6.07. The zero-order chi connectivity index (χ0) is 19.8. The fourth-order valence-electron chi connectivity index (χ4n) is 3.57. The summed E-state index contributed by atoms with van der Waals surface area (Å²) in [5.74, 6) is 0.764. The summed E-state index contributed by atoms with van der Waals surface area (Å²) in [4.78, 5) is 39.8. The van der Waals surface area contributed by atoms with Crippen LogP contribution in [0.1, 0.15) is 23.2 Å². The van der Waals surface area contributed by atoms with Crippen LogP contribution in [0.5, 0.6) is 17.2 Å². The van der Waals surface area contributed by atoms with E-state index in [0.717, 1.165) is 4.90 Å². The predicted octanol–water partition coefficient (Wildman–Crippen LogP) is 0.869. The largest absolute Gasteiger partial charge is 0.493 e. The summed E-state index contributed by atoms with van der Waals surface area (Å²) in [5.41, 5.74) is -0.503. The van der Waals surface area contributed by atoms with Crippen molar-refractivity contribution in [1.82, 2.24) is 15.1 Å². The molecule has 1 spiro atoms. The van der Waals surface area contributed by atoms with Crippen LogP contribution in [0.4, 0.5) is 4.79 Å².